The summed E-state index contributed by atoms with van der Waals surface area (Å²) >= 11 is 12.2. The summed E-state index contributed by atoms with van der Waals surface area (Å²) in [5.41, 5.74) is 5.39. The normalized spacial score (nSPS) is 18.2. The minimum Gasteiger partial charge on any atom is -0.369 e. The Labute approximate surface area is 165 Å². The number of hydrogen-bond donors (Lipinski definition) is 1. The molecule has 1 aliphatic carbocycles. The molecule has 0 unspecified atom stereocenters. The van der Waals surface area contributed by atoms with Crippen LogP contribution in [0.15, 0.2) is 18.2 Å². The van der Waals surface area contributed by atoms with Crippen molar-refractivity contribution in [2.75, 3.05) is 37.6 Å². The highest BCUT2D eigenvalue weighted by molar-refractivity contribution is 6.42. The molecule has 0 amide bonds. The number of nitrogens with one attached hydrogen (secondary N) is 1. The van der Waals surface area contributed by atoms with E-state index in [-0.39, 0.29) is 0 Å². The zero-order chi connectivity index (χ0) is 17.9. The fraction of sp³-hybridized carbons (Fsp3) is 0.550. The quantitative estimate of drug-likeness (QED) is 0.820. The van der Waals surface area contributed by atoms with Crippen LogP contribution < -0.4 is 4.90 Å². The standard InChI is InChI=1S/C20H26Cl2N4/c21-17-8-7-15(14-18(17)22)26-12-10-25(11-13-26)9-3-6-20-16-4-1-2-5-19(16)23-24-20/h7-8,14H,1-6,9-13H2,(H,23,24). The highest BCUT2D eigenvalue weighted by atomic mass is 35.5. The zero-order valence-electron chi connectivity index (χ0n) is 15.1. The van der Waals surface area contributed by atoms with E-state index in [1.807, 2.05) is 12.1 Å². The molecule has 2 aliphatic rings. The van der Waals surface area contributed by atoms with E-state index in [1.54, 1.807) is 0 Å². The van der Waals surface area contributed by atoms with E-state index in [2.05, 4.69) is 26.1 Å². The summed E-state index contributed by atoms with van der Waals surface area (Å²) in [7, 11) is 0. The summed E-state index contributed by atoms with van der Waals surface area (Å²) in [5.74, 6) is 0. The van der Waals surface area contributed by atoms with Gasteiger partial charge in [0.05, 0.1) is 15.7 Å². The van der Waals surface area contributed by atoms with Gasteiger partial charge < -0.3 is 4.90 Å². The fourth-order valence-corrected chi connectivity index (χ4v) is 4.43. The highest BCUT2D eigenvalue weighted by Crippen LogP contribution is 2.28. The molecule has 0 radical (unpaired) electrons. The van der Waals surface area contributed by atoms with Crippen molar-refractivity contribution in [3.05, 3.63) is 45.2 Å². The largest absolute Gasteiger partial charge is 0.369 e. The van der Waals surface area contributed by atoms with Crippen LogP contribution in [0, 0.1) is 0 Å². The lowest BCUT2D eigenvalue weighted by Gasteiger charge is -2.36. The second-order valence-electron chi connectivity index (χ2n) is 7.37. The van der Waals surface area contributed by atoms with E-state index in [1.165, 1.54) is 48.3 Å². The number of rotatable bonds is 5. The SMILES string of the molecule is Clc1ccc(N2CCN(CCCc3[nH]nc4c3CCCC4)CC2)cc1Cl. The van der Waals surface area contributed by atoms with Gasteiger partial charge in [0, 0.05) is 37.6 Å². The van der Waals surface area contributed by atoms with Crippen molar-refractivity contribution in [3.8, 4) is 0 Å². The lowest BCUT2D eigenvalue weighted by Crippen LogP contribution is -2.46. The van der Waals surface area contributed by atoms with Crippen LogP contribution in [0.4, 0.5) is 5.69 Å². The van der Waals surface area contributed by atoms with E-state index in [4.69, 9.17) is 23.2 Å². The molecule has 0 bridgehead atoms. The van der Waals surface area contributed by atoms with Gasteiger partial charge in [-0.05, 0) is 68.8 Å². The molecule has 0 atom stereocenters. The number of aromatic amines is 1. The number of hydrogen-bond acceptors (Lipinski definition) is 3. The third kappa shape index (κ3) is 4.03. The zero-order valence-corrected chi connectivity index (χ0v) is 16.6. The van der Waals surface area contributed by atoms with Gasteiger partial charge in [0.15, 0.2) is 0 Å². The van der Waals surface area contributed by atoms with Crippen LogP contribution >= 0.6 is 23.2 Å². The third-order valence-corrected chi connectivity index (χ3v) is 6.41. The third-order valence-electron chi connectivity index (χ3n) is 5.67. The van der Waals surface area contributed by atoms with Crippen LogP contribution in [-0.4, -0.2) is 47.8 Å². The fourth-order valence-electron chi connectivity index (χ4n) is 4.14. The summed E-state index contributed by atoms with van der Waals surface area (Å²) in [6.45, 7) is 5.43. The molecule has 2 aromatic rings. The van der Waals surface area contributed by atoms with Gasteiger partial charge in [-0.2, -0.15) is 5.10 Å². The predicted octanol–water partition coefficient (Wildman–Crippen LogP) is 4.35. The van der Waals surface area contributed by atoms with Gasteiger partial charge in [-0.1, -0.05) is 23.2 Å². The van der Waals surface area contributed by atoms with E-state index in [0.717, 1.165) is 45.6 Å². The number of piperazine rings is 1. The minimum absolute atomic E-state index is 0.620. The van der Waals surface area contributed by atoms with E-state index >= 15 is 0 Å². The van der Waals surface area contributed by atoms with Crippen molar-refractivity contribution < 1.29 is 0 Å². The Kier molecular flexibility index (Phi) is 5.72. The Bertz CT molecular complexity index is 750. The summed E-state index contributed by atoms with van der Waals surface area (Å²) in [6.07, 6.45) is 7.29. The van der Waals surface area contributed by atoms with Crippen molar-refractivity contribution in [3.63, 3.8) is 0 Å². The number of H-pyrrole nitrogens is 1. The lowest BCUT2D eigenvalue weighted by molar-refractivity contribution is 0.255. The Morgan fingerprint density at radius 1 is 1.00 bits per heavy atom. The summed E-state index contributed by atoms with van der Waals surface area (Å²) in [6, 6.07) is 5.92. The van der Waals surface area contributed by atoms with Gasteiger partial charge in [-0.25, -0.2) is 0 Å². The smallest absolute Gasteiger partial charge is 0.0656 e. The first-order valence-electron chi connectivity index (χ1n) is 9.68. The molecule has 26 heavy (non-hydrogen) atoms. The van der Waals surface area contributed by atoms with Crippen LogP contribution in [0.3, 0.4) is 0 Å². The second kappa shape index (κ2) is 8.20. The Hall–Kier alpha value is -1.23. The topological polar surface area (TPSA) is 35.2 Å². The first-order chi connectivity index (χ1) is 12.7. The number of nitrogens with zero attached hydrogens (tertiary/aromatic N) is 3. The number of aromatic nitrogens is 2. The summed E-state index contributed by atoms with van der Waals surface area (Å²) in [5, 5.41) is 9.06. The van der Waals surface area contributed by atoms with Crippen molar-refractivity contribution in [1.29, 1.82) is 0 Å². The molecule has 4 rings (SSSR count). The molecule has 0 spiro atoms. The molecule has 2 heterocycles. The minimum atomic E-state index is 0.620. The van der Waals surface area contributed by atoms with Crippen molar-refractivity contribution in [2.45, 2.75) is 38.5 Å². The second-order valence-corrected chi connectivity index (χ2v) is 8.18. The molecule has 1 aromatic heterocycles. The molecule has 0 saturated carbocycles. The molecule has 4 nitrogen and oxygen atoms in total. The monoisotopic (exact) mass is 392 g/mol. The van der Waals surface area contributed by atoms with Gasteiger partial charge in [0.1, 0.15) is 0 Å². The van der Waals surface area contributed by atoms with Gasteiger partial charge in [0.2, 0.25) is 0 Å². The maximum Gasteiger partial charge on any atom is 0.0656 e. The Morgan fingerprint density at radius 2 is 1.81 bits per heavy atom. The molecule has 1 saturated heterocycles. The maximum absolute atomic E-state index is 6.15. The molecule has 1 N–H and O–H groups in total. The predicted molar refractivity (Wildman–Crippen MR) is 109 cm³/mol. The molecular weight excluding hydrogens is 367 g/mol. The van der Waals surface area contributed by atoms with Crippen LogP contribution in [0.1, 0.15) is 36.2 Å². The van der Waals surface area contributed by atoms with Gasteiger partial charge in [-0.3, -0.25) is 10.00 Å². The molecule has 1 aromatic carbocycles. The van der Waals surface area contributed by atoms with Gasteiger partial charge in [-0.15, -0.1) is 0 Å². The first kappa shape index (κ1) is 18.1. The van der Waals surface area contributed by atoms with Gasteiger partial charge >= 0.3 is 0 Å². The van der Waals surface area contributed by atoms with Crippen molar-refractivity contribution in [2.24, 2.45) is 0 Å². The average molecular weight is 393 g/mol. The average Bonchev–Trinajstić information content (AvgIpc) is 3.08. The molecule has 1 aliphatic heterocycles. The number of anilines is 1. The van der Waals surface area contributed by atoms with Crippen LogP contribution in [0.5, 0.6) is 0 Å². The summed E-state index contributed by atoms with van der Waals surface area (Å²) in [4.78, 5) is 4.96. The van der Waals surface area contributed by atoms with Crippen molar-refractivity contribution in [1.82, 2.24) is 15.1 Å². The molecule has 140 valence electrons. The van der Waals surface area contributed by atoms with Crippen LogP contribution in [-0.2, 0) is 19.3 Å². The number of aryl methyl sites for hydroxylation is 2. The number of fused-ring (bicyclic) bond motifs is 1. The number of benzene rings is 1. The van der Waals surface area contributed by atoms with E-state index in [0.29, 0.717) is 10.0 Å². The van der Waals surface area contributed by atoms with Crippen molar-refractivity contribution >= 4 is 28.9 Å². The van der Waals surface area contributed by atoms with E-state index < -0.39 is 0 Å². The molecular formula is C20H26Cl2N4. The Morgan fingerprint density at radius 3 is 2.62 bits per heavy atom. The number of halogens is 2. The highest BCUT2D eigenvalue weighted by Gasteiger charge is 2.19. The maximum atomic E-state index is 6.15. The lowest BCUT2D eigenvalue weighted by atomic mass is 9.94. The Balaban J connectivity index is 1.24. The molecule has 6 heteroatoms. The van der Waals surface area contributed by atoms with Crippen LogP contribution in [0.2, 0.25) is 10.0 Å². The van der Waals surface area contributed by atoms with E-state index in [9.17, 15) is 0 Å². The van der Waals surface area contributed by atoms with Gasteiger partial charge in [0.25, 0.3) is 0 Å². The van der Waals surface area contributed by atoms with Crippen LogP contribution in [0.25, 0.3) is 0 Å². The summed E-state index contributed by atoms with van der Waals surface area (Å²) < 4.78 is 0. The molecule has 1 fully saturated rings. The first-order valence-corrected chi connectivity index (χ1v) is 10.4.